The molecule has 2 atom stereocenters. The summed E-state index contributed by atoms with van der Waals surface area (Å²) in [6.45, 7) is 10.0. The fourth-order valence-corrected chi connectivity index (χ4v) is 4.72. The molecule has 1 saturated heterocycles. The molecule has 1 aromatic heterocycles. The van der Waals surface area contributed by atoms with Gasteiger partial charge in [0.25, 0.3) is 5.91 Å². The van der Waals surface area contributed by atoms with Crippen LogP contribution < -0.4 is 0 Å². The Labute approximate surface area is 190 Å². The Kier molecular flexibility index (Phi) is 6.91. The fraction of sp³-hybridized carbons (Fsp3) is 0.708. The van der Waals surface area contributed by atoms with Gasteiger partial charge in [0.1, 0.15) is 11.6 Å². The second-order valence-corrected chi connectivity index (χ2v) is 10.6. The number of carbonyl (C=O) groups is 3. The number of amides is 2. The van der Waals surface area contributed by atoms with Crippen LogP contribution in [0.3, 0.4) is 0 Å². The molecule has 1 aromatic rings. The van der Waals surface area contributed by atoms with Crippen LogP contribution in [0.1, 0.15) is 77.3 Å². The molecule has 32 heavy (non-hydrogen) atoms. The standard InChI is InChI=1S/C24H36N2O6/c1-23(2,3)32-22(29)25-15-17(14-18(25)21(28)30-6)26(20(27)19-8-7-13-31-19)16-9-11-24(4,5)12-10-16/h7-8,13,16-18H,9-12,14-15H2,1-6H3/t17-,18+/m0/s1. The maximum atomic E-state index is 13.5. The predicted octanol–water partition coefficient (Wildman–Crippen LogP) is 4.24. The predicted molar refractivity (Wildman–Crippen MR) is 118 cm³/mol. The Balaban J connectivity index is 1.89. The average Bonchev–Trinajstić information content (AvgIpc) is 3.37. The third-order valence-corrected chi connectivity index (χ3v) is 6.44. The van der Waals surface area contributed by atoms with E-state index >= 15 is 0 Å². The van der Waals surface area contributed by atoms with Crippen molar-refractivity contribution in [3.63, 3.8) is 0 Å². The van der Waals surface area contributed by atoms with Crippen LogP contribution in [0.4, 0.5) is 4.79 Å². The number of ether oxygens (including phenoxy) is 2. The highest BCUT2D eigenvalue weighted by Gasteiger charge is 2.47. The minimum Gasteiger partial charge on any atom is -0.467 e. The average molecular weight is 449 g/mol. The van der Waals surface area contributed by atoms with Crippen molar-refractivity contribution in [2.45, 2.75) is 90.4 Å². The van der Waals surface area contributed by atoms with Crippen LogP contribution in [0.5, 0.6) is 0 Å². The van der Waals surface area contributed by atoms with E-state index in [1.807, 2.05) is 4.90 Å². The van der Waals surface area contributed by atoms with E-state index in [2.05, 4.69) is 13.8 Å². The lowest BCUT2D eigenvalue weighted by Crippen LogP contribution is -2.50. The maximum Gasteiger partial charge on any atom is 0.411 e. The summed E-state index contributed by atoms with van der Waals surface area (Å²) in [5, 5.41) is 0. The molecule has 1 aliphatic heterocycles. The first-order chi connectivity index (χ1) is 14.9. The van der Waals surface area contributed by atoms with Gasteiger partial charge in [-0.1, -0.05) is 13.8 Å². The van der Waals surface area contributed by atoms with Crippen LogP contribution in [0.25, 0.3) is 0 Å². The lowest BCUT2D eigenvalue weighted by atomic mass is 9.75. The lowest BCUT2D eigenvalue weighted by molar-refractivity contribution is -0.145. The van der Waals surface area contributed by atoms with E-state index in [4.69, 9.17) is 13.9 Å². The van der Waals surface area contributed by atoms with Gasteiger partial charge < -0.3 is 18.8 Å². The van der Waals surface area contributed by atoms with Gasteiger partial charge in [-0.25, -0.2) is 9.59 Å². The SMILES string of the molecule is COC(=O)[C@H]1C[C@H](N(C(=O)c2ccco2)C2CCC(C)(C)CC2)CN1C(=O)OC(C)(C)C. The molecule has 2 amide bonds. The second-order valence-electron chi connectivity index (χ2n) is 10.6. The number of hydrogen-bond acceptors (Lipinski definition) is 6. The molecule has 0 radical (unpaired) electrons. The lowest BCUT2D eigenvalue weighted by Gasteiger charge is -2.42. The molecule has 2 heterocycles. The van der Waals surface area contributed by atoms with E-state index < -0.39 is 23.7 Å². The summed E-state index contributed by atoms with van der Waals surface area (Å²) in [6, 6.07) is 2.22. The Bertz CT molecular complexity index is 816. The third-order valence-electron chi connectivity index (χ3n) is 6.44. The number of likely N-dealkylation sites (tertiary alicyclic amines) is 1. The molecule has 8 heteroatoms. The van der Waals surface area contributed by atoms with Gasteiger partial charge in [0.05, 0.1) is 19.4 Å². The van der Waals surface area contributed by atoms with Crippen molar-refractivity contribution < 1.29 is 28.3 Å². The fourth-order valence-electron chi connectivity index (χ4n) is 4.72. The number of esters is 1. The quantitative estimate of drug-likeness (QED) is 0.640. The third kappa shape index (κ3) is 5.45. The summed E-state index contributed by atoms with van der Waals surface area (Å²) in [5.74, 6) is -0.451. The molecule has 1 aliphatic carbocycles. The van der Waals surface area contributed by atoms with Gasteiger partial charge in [0, 0.05) is 19.0 Å². The van der Waals surface area contributed by atoms with Gasteiger partial charge in [-0.05, 0) is 64.0 Å². The number of rotatable bonds is 4. The molecule has 3 rings (SSSR count). The van der Waals surface area contributed by atoms with E-state index in [0.717, 1.165) is 25.7 Å². The zero-order valence-corrected chi connectivity index (χ0v) is 20.1. The van der Waals surface area contributed by atoms with Crippen molar-refractivity contribution in [2.75, 3.05) is 13.7 Å². The Morgan fingerprint density at radius 2 is 1.81 bits per heavy atom. The smallest absolute Gasteiger partial charge is 0.411 e. The van der Waals surface area contributed by atoms with Gasteiger partial charge in [0.15, 0.2) is 5.76 Å². The first-order valence-corrected chi connectivity index (χ1v) is 11.4. The topological polar surface area (TPSA) is 89.3 Å². The monoisotopic (exact) mass is 448 g/mol. The minimum atomic E-state index is -0.799. The van der Waals surface area contributed by atoms with Crippen molar-refractivity contribution in [3.05, 3.63) is 24.2 Å². The van der Waals surface area contributed by atoms with Crippen LogP contribution in [0.15, 0.2) is 22.8 Å². The van der Waals surface area contributed by atoms with Crippen molar-refractivity contribution in [1.82, 2.24) is 9.80 Å². The molecule has 1 saturated carbocycles. The number of nitrogens with zero attached hydrogens (tertiary/aromatic N) is 2. The highest BCUT2D eigenvalue weighted by Crippen LogP contribution is 2.39. The number of carbonyl (C=O) groups excluding carboxylic acids is 3. The normalized spacial score (nSPS) is 23.6. The van der Waals surface area contributed by atoms with Gasteiger partial charge >= 0.3 is 12.1 Å². The summed E-state index contributed by atoms with van der Waals surface area (Å²) in [4.78, 5) is 42.2. The van der Waals surface area contributed by atoms with Crippen molar-refractivity contribution >= 4 is 18.0 Å². The molecule has 2 aliphatic rings. The van der Waals surface area contributed by atoms with Gasteiger partial charge in [-0.15, -0.1) is 0 Å². The summed E-state index contributed by atoms with van der Waals surface area (Å²) in [6.07, 6.45) is 4.94. The number of hydrogen-bond donors (Lipinski definition) is 0. The molecule has 0 spiro atoms. The molecular weight excluding hydrogens is 412 g/mol. The van der Waals surface area contributed by atoms with Crippen LogP contribution in [-0.4, -0.2) is 65.2 Å². The zero-order valence-electron chi connectivity index (χ0n) is 20.1. The molecule has 0 N–H and O–H groups in total. The van der Waals surface area contributed by atoms with E-state index in [1.165, 1.54) is 18.3 Å². The Morgan fingerprint density at radius 1 is 1.16 bits per heavy atom. The number of furan rings is 1. The molecule has 0 aromatic carbocycles. The largest absolute Gasteiger partial charge is 0.467 e. The zero-order chi connectivity index (χ0) is 23.7. The summed E-state index contributed by atoms with van der Waals surface area (Å²) in [7, 11) is 1.30. The molecule has 178 valence electrons. The first-order valence-electron chi connectivity index (χ1n) is 11.4. The van der Waals surface area contributed by atoms with Gasteiger partial charge in [0.2, 0.25) is 0 Å². The van der Waals surface area contributed by atoms with E-state index in [0.29, 0.717) is 6.42 Å². The first kappa shape index (κ1) is 24.1. The summed E-state index contributed by atoms with van der Waals surface area (Å²) < 4.78 is 15.9. The van der Waals surface area contributed by atoms with E-state index in [-0.39, 0.29) is 35.7 Å². The Hall–Kier alpha value is -2.51. The van der Waals surface area contributed by atoms with Gasteiger partial charge in [-0.3, -0.25) is 9.69 Å². The summed E-state index contributed by atoms with van der Waals surface area (Å²) >= 11 is 0. The van der Waals surface area contributed by atoms with Crippen LogP contribution >= 0.6 is 0 Å². The van der Waals surface area contributed by atoms with Crippen molar-refractivity contribution in [2.24, 2.45) is 5.41 Å². The van der Waals surface area contributed by atoms with Crippen LogP contribution in [0, 0.1) is 5.41 Å². The highest BCUT2D eigenvalue weighted by atomic mass is 16.6. The van der Waals surface area contributed by atoms with Crippen molar-refractivity contribution in [3.8, 4) is 0 Å². The minimum absolute atomic E-state index is 0.0162. The summed E-state index contributed by atoms with van der Waals surface area (Å²) in [5.41, 5.74) is -0.461. The maximum absolute atomic E-state index is 13.5. The Morgan fingerprint density at radius 3 is 2.34 bits per heavy atom. The van der Waals surface area contributed by atoms with Gasteiger partial charge in [-0.2, -0.15) is 0 Å². The molecule has 0 unspecified atom stereocenters. The molecule has 2 fully saturated rings. The van der Waals surface area contributed by atoms with E-state index in [1.54, 1.807) is 32.9 Å². The molecule has 0 bridgehead atoms. The highest BCUT2D eigenvalue weighted by molar-refractivity contribution is 5.92. The molecular formula is C24H36N2O6. The number of methoxy groups -OCH3 is 1. The molecule has 8 nitrogen and oxygen atoms in total. The van der Waals surface area contributed by atoms with Crippen LogP contribution in [0.2, 0.25) is 0 Å². The second kappa shape index (κ2) is 9.16. The van der Waals surface area contributed by atoms with Crippen LogP contribution in [-0.2, 0) is 14.3 Å². The van der Waals surface area contributed by atoms with Crippen molar-refractivity contribution in [1.29, 1.82) is 0 Å². The van der Waals surface area contributed by atoms with E-state index in [9.17, 15) is 14.4 Å².